The normalized spacial score (nSPS) is 20.0. The van der Waals surface area contributed by atoms with Crippen molar-refractivity contribution in [3.05, 3.63) is 65.1 Å². The number of amides is 3. The highest BCUT2D eigenvalue weighted by atomic mass is 32.2. The monoisotopic (exact) mass is 453 g/mol. The number of nitrogens with one attached hydrogen (secondary N) is 1. The highest BCUT2D eigenvalue weighted by Gasteiger charge is 2.39. The average Bonchev–Trinajstić information content (AvgIpc) is 3.30. The minimum Gasteiger partial charge on any atom is -0.497 e. The number of nitrogens with zero attached hydrogens (tertiary/aromatic N) is 2. The van der Waals surface area contributed by atoms with Crippen molar-refractivity contribution in [1.82, 2.24) is 10.4 Å². The molecule has 2 fully saturated rings. The van der Waals surface area contributed by atoms with E-state index in [9.17, 15) is 14.4 Å². The summed E-state index contributed by atoms with van der Waals surface area (Å²) in [5.41, 5.74) is 4.15. The standard InChI is InChI=1S/C22H19N3O4S2/c1-29-17-9-7-14(8-10-17)11-18-21(28)25(22(30)31-18)23-20(27)15-12-19(26)24(13-15)16-5-3-2-4-6-16/h2-11,15H,12-13H2,1H3,(H,23,27)/b18-11-. The molecule has 3 amide bonds. The third-order valence-electron chi connectivity index (χ3n) is 4.99. The van der Waals surface area contributed by atoms with Gasteiger partial charge >= 0.3 is 0 Å². The number of carbonyl (C=O) groups is 3. The van der Waals surface area contributed by atoms with Crippen LogP contribution in [0.5, 0.6) is 5.75 Å². The Kier molecular flexibility index (Phi) is 6.06. The summed E-state index contributed by atoms with van der Waals surface area (Å²) in [5, 5.41) is 1.08. The number of ether oxygens (including phenoxy) is 1. The molecule has 1 N–H and O–H groups in total. The first-order valence-corrected chi connectivity index (χ1v) is 10.8. The molecule has 9 heteroatoms. The van der Waals surface area contributed by atoms with Gasteiger partial charge in [0.05, 0.1) is 17.9 Å². The van der Waals surface area contributed by atoms with Gasteiger partial charge in [-0.25, -0.2) is 0 Å². The Hall–Kier alpha value is -3.17. The van der Waals surface area contributed by atoms with Crippen molar-refractivity contribution in [3.63, 3.8) is 0 Å². The summed E-state index contributed by atoms with van der Waals surface area (Å²) in [5.74, 6) is -0.788. The first-order valence-electron chi connectivity index (χ1n) is 9.54. The average molecular weight is 454 g/mol. The second-order valence-corrected chi connectivity index (χ2v) is 8.68. The van der Waals surface area contributed by atoms with E-state index in [0.29, 0.717) is 10.7 Å². The van der Waals surface area contributed by atoms with E-state index in [-0.39, 0.29) is 23.2 Å². The van der Waals surface area contributed by atoms with Gasteiger partial charge in [-0.05, 0) is 48.1 Å². The number of hydrogen-bond donors (Lipinski definition) is 1. The molecule has 1 unspecified atom stereocenters. The lowest BCUT2D eigenvalue weighted by Gasteiger charge is -2.19. The van der Waals surface area contributed by atoms with Crippen LogP contribution >= 0.6 is 24.0 Å². The molecule has 0 spiro atoms. The van der Waals surface area contributed by atoms with Crippen LogP contribution in [0.3, 0.4) is 0 Å². The lowest BCUT2D eigenvalue weighted by molar-refractivity contribution is -0.135. The highest BCUT2D eigenvalue weighted by molar-refractivity contribution is 8.26. The van der Waals surface area contributed by atoms with Gasteiger partial charge < -0.3 is 9.64 Å². The zero-order chi connectivity index (χ0) is 22.0. The predicted octanol–water partition coefficient (Wildman–Crippen LogP) is 2.98. The van der Waals surface area contributed by atoms with Crippen molar-refractivity contribution < 1.29 is 19.1 Å². The van der Waals surface area contributed by atoms with Crippen LogP contribution in [0.2, 0.25) is 0 Å². The summed E-state index contributed by atoms with van der Waals surface area (Å²) in [4.78, 5) is 39.9. The second-order valence-electron chi connectivity index (χ2n) is 7.01. The second kappa shape index (κ2) is 8.91. The van der Waals surface area contributed by atoms with Crippen LogP contribution in [-0.2, 0) is 14.4 Å². The third-order valence-corrected chi connectivity index (χ3v) is 6.30. The fourth-order valence-corrected chi connectivity index (χ4v) is 4.54. The zero-order valence-corrected chi connectivity index (χ0v) is 18.2. The van der Waals surface area contributed by atoms with Gasteiger partial charge in [-0.3, -0.25) is 19.8 Å². The van der Waals surface area contributed by atoms with Crippen molar-refractivity contribution >= 4 is 57.8 Å². The summed E-state index contributed by atoms with van der Waals surface area (Å²) in [6.07, 6.45) is 1.79. The van der Waals surface area contributed by atoms with E-state index in [1.807, 2.05) is 42.5 Å². The highest BCUT2D eigenvalue weighted by Crippen LogP contribution is 2.32. The lowest BCUT2D eigenvalue weighted by atomic mass is 10.1. The molecule has 158 valence electrons. The van der Waals surface area contributed by atoms with Crippen LogP contribution in [0.1, 0.15) is 12.0 Å². The molecule has 0 bridgehead atoms. The van der Waals surface area contributed by atoms with E-state index in [4.69, 9.17) is 17.0 Å². The number of benzene rings is 2. The minimum absolute atomic E-state index is 0.0806. The van der Waals surface area contributed by atoms with Gasteiger partial charge in [-0.15, -0.1) is 0 Å². The molecule has 0 radical (unpaired) electrons. The fourth-order valence-electron chi connectivity index (χ4n) is 3.36. The van der Waals surface area contributed by atoms with Gasteiger partial charge in [0.25, 0.3) is 5.91 Å². The topological polar surface area (TPSA) is 79.0 Å². The number of carbonyl (C=O) groups excluding carboxylic acids is 3. The van der Waals surface area contributed by atoms with E-state index in [1.165, 1.54) is 0 Å². The summed E-state index contributed by atoms with van der Waals surface area (Å²) in [6, 6.07) is 16.4. The SMILES string of the molecule is COc1ccc(/C=C2\SC(=S)N(NC(=O)C3CC(=O)N(c4ccccc4)C3)C2=O)cc1. The first kappa shape index (κ1) is 21.1. The summed E-state index contributed by atoms with van der Waals surface area (Å²) < 4.78 is 5.37. The van der Waals surface area contributed by atoms with Crippen LogP contribution in [0.25, 0.3) is 6.08 Å². The Bertz CT molecular complexity index is 1070. The Morgan fingerprint density at radius 2 is 1.87 bits per heavy atom. The number of hydrazine groups is 1. The molecule has 2 aliphatic heterocycles. The number of thioether (sulfide) groups is 1. The van der Waals surface area contributed by atoms with Crippen molar-refractivity contribution in [2.24, 2.45) is 5.92 Å². The van der Waals surface area contributed by atoms with Gasteiger partial charge in [0, 0.05) is 18.7 Å². The zero-order valence-electron chi connectivity index (χ0n) is 16.6. The third kappa shape index (κ3) is 4.47. The molecule has 4 rings (SSSR count). The predicted molar refractivity (Wildman–Crippen MR) is 123 cm³/mol. The maximum absolute atomic E-state index is 12.8. The van der Waals surface area contributed by atoms with E-state index >= 15 is 0 Å². The van der Waals surface area contributed by atoms with Crippen LogP contribution in [0.4, 0.5) is 5.69 Å². The van der Waals surface area contributed by atoms with Gasteiger partial charge in [0.15, 0.2) is 4.32 Å². The van der Waals surface area contributed by atoms with Crippen LogP contribution in [0.15, 0.2) is 59.5 Å². The largest absolute Gasteiger partial charge is 0.497 e. The number of rotatable bonds is 5. The van der Waals surface area contributed by atoms with Crippen molar-refractivity contribution in [1.29, 1.82) is 0 Å². The molecular weight excluding hydrogens is 434 g/mol. The van der Waals surface area contributed by atoms with Crippen molar-refractivity contribution in [2.75, 3.05) is 18.6 Å². The maximum Gasteiger partial charge on any atom is 0.285 e. The smallest absolute Gasteiger partial charge is 0.285 e. The van der Waals surface area contributed by atoms with Crippen LogP contribution < -0.4 is 15.1 Å². The van der Waals surface area contributed by atoms with Crippen molar-refractivity contribution in [3.8, 4) is 5.75 Å². The first-order chi connectivity index (χ1) is 15.0. The molecule has 2 aromatic carbocycles. The molecule has 31 heavy (non-hydrogen) atoms. The Morgan fingerprint density at radius 3 is 2.55 bits per heavy atom. The molecule has 0 aromatic heterocycles. The van der Waals surface area contributed by atoms with Gasteiger partial charge in [-0.2, -0.15) is 5.01 Å². The molecule has 2 aromatic rings. The fraction of sp³-hybridized carbons (Fsp3) is 0.182. The molecule has 2 aliphatic rings. The van der Waals surface area contributed by atoms with Gasteiger partial charge in [0.2, 0.25) is 11.8 Å². The lowest BCUT2D eigenvalue weighted by Crippen LogP contribution is -2.47. The Balaban J connectivity index is 1.42. The number of hydrogen-bond acceptors (Lipinski definition) is 6. The van der Waals surface area contributed by atoms with E-state index in [1.54, 1.807) is 30.2 Å². The summed E-state index contributed by atoms with van der Waals surface area (Å²) >= 11 is 6.40. The van der Waals surface area contributed by atoms with E-state index < -0.39 is 17.7 Å². The Labute approximate surface area is 189 Å². The van der Waals surface area contributed by atoms with E-state index in [2.05, 4.69) is 5.43 Å². The number of methoxy groups -OCH3 is 1. The minimum atomic E-state index is -0.567. The Morgan fingerprint density at radius 1 is 1.16 bits per heavy atom. The van der Waals surface area contributed by atoms with Gasteiger partial charge in [-0.1, -0.05) is 42.1 Å². The van der Waals surface area contributed by atoms with Crippen LogP contribution in [0, 0.1) is 5.92 Å². The number of anilines is 1. The molecule has 1 atom stereocenters. The quantitative estimate of drug-likeness (QED) is 0.554. The number of thiocarbonyl (C=S) groups is 1. The summed E-state index contributed by atoms with van der Waals surface area (Å²) in [7, 11) is 1.58. The summed E-state index contributed by atoms with van der Waals surface area (Å²) in [6.45, 7) is 0.255. The van der Waals surface area contributed by atoms with Gasteiger partial charge in [0.1, 0.15) is 5.75 Å². The molecule has 0 saturated carbocycles. The van der Waals surface area contributed by atoms with Crippen LogP contribution in [-0.4, -0.2) is 40.7 Å². The maximum atomic E-state index is 12.8. The molecular formula is C22H19N3O4S2. The molecule has 0 aliphatic carbocycles. The van der Waals surface area contributed by atoms with Crippen molar-refractivity contribution in [2.45, 2.75) is 6.42 Å². The number of para-hydroxylation sites is 1. The molecule has 2 saturated heterocycles. The molecule has 7 nitrogen and oxygen atoms in total. The molecule has 2 heterocycles. The van der Waals surface area contributed by atoms with E-state index in [0.717, 1.165) is 28.0 Å².